The standard InChI is InChI=1S/C17H21FN4O2/c1-10(2)9-22-14(7-8-19-22)20-17(23)21-15-11(3)24-16-12(15)5-4-6-13(16)18/h4-8,10-11,15H,9H2,1-3H3,(H2,20,21,23). The Morgan fingerprint density at radius 2 is 2.21 bits per heavy atom. The van der Waals surface area contributed by atoms with Crippen LogP contribution >= 0.6 is 0 Å². The van der Waals surface area contributed by atoms with Gasteiger partial charge in [0.1, 0.15) is 11.9 Å². The van der Waals surface area contributed by atoms with Gasteiger partial charge in [-0.2, -0.15) is 5.10 Å². The minimum Gasteiger partial charge on any atom is -0.485 e. The van der Waals surface area contributed by atoms with E-state index >= 15 is 0 Å². The van der Waals surface area contributed by atoms with E-state index in [1.165, 1.54) is 6.07 Å². The Bertz CT molecular complexity index is 744. The monoisotopic (exact) mass is 332 g/mol. The summed E-state index contributed by atoms with van der Waals surface area (Å²) in [5.41, 5.74) is 0.647. The van der Waals surface area contributed by atoms with Gasteiger partial charge in [0.2, 0.25) is 0 Å². The van der Waals surface area contributed by atoms with Gasteiger partial charge in [-0.3, -0.25) is 5.32 Å². The average Bonchev–Trinajstić information content (AvgIpc) is 3.06. The highest BCUT2D eigenvalue weighted by Gasteiger charge is 2.34. The first-order valence-electron chi connectivity index (χ1n) is 8.00. The third kappa shape index (κ3) is 3.20. The SMILES string of the molecule is CC(C)Cn1nccc1NC(=O)NC1c2cccc(F)c2OC1C. The van der Waals surface area contributed by atoms with E-state index in [0.717, 1.165) is 0 Å². The summed E-state index contributed by atoms with van der Waals surface area (Å²) in [5.74, 6) is 0.818. The Balaban J connectivity index is 1.70. The fraction of sp³-hybridized carbons (Fsp3) is 0.412. The number of fused-ring (bicyclic) bond motifs is 1. The molecule has 0 radical (unpaired) electrons. The number of amides is 2. The number of nitrogens with one attached hydrogen (secondary N) is 2. The molecule has 0 saturated heterocycles. The van der Waals surface area contributed by atoms with Gasteiger partial charge < -0.3 is 10.1 Å². The van der Waals surface area contributed by atoms with Crippen molar-refractivity contribution in [3.63, 3.8) is 0 Å². The van der Waals surface area contributed by atoms with Crippen LogP contribution in [-0.2, 0) is 6.54 Å². The maximum atomic E-state index is 13.8. The average molecular weight is 332 g/mol. The van der Waals surface area contributed by atoms with Gasteiger partial charge in [0.15, 0.2) is 11.6 Å². The Kier molecular flexibility index (Phi) is 4.42. The summed E-state index contributed by atoms with van der Waals surface area (Å²) < 4.78 is 21.1. The molecule has 2 atom stereocenters. The van der Waals surface area contributed by atoms with Crippen molar-refractivity contribution in [3.8, 4) is 5.75 Å². The van der Waals surface area contributed by atoms with E-state index in [9.17, 15) is 9.18 Å². The van der Waals surface area contributed by atoms with Gasteiger partial charge in [0.05, 0.1) is 12.2 Å². The van der Waals surface area contributed by atoms with Gasteiger partial charge in [-0.15, -0.1) is 0 Å². The van der Waals surface area contributed by atoms with E-state index < -0.39 is 11.9 Å². The van der Waals surface area contributed by atoms with Crippen molar-refractivity contribution in [1.82, 2.24) is 15.1 Å². The van der Waals surface area contributed by atoms with E-state index in [4.69, 9.17) is 4.74 Å². The number of hydrogen-bond donors (Lipinski definition) is 2. The van der Waals surface area contributed by atoms with Crippen LogP contribution < -0.4 is 15.4 Å². The van der Waals surface area contributed by atoms with Gasteiger partial charge in [-0.1, -0.05) is 26.0 Å². The lowest BCUT2D eigenvalue weighted by Crippen LogP contribution is -2.37. The molecule has 2 heterocycles. The first kappa shape index (κ1) is 16.3. The van der Waals surface area contributed by atoms with Crippen LogP contribution in [0.3, 0.4) is 0 Å². The molecule has 0 aliphatic carbocycles. The molecular weight excluding hydrogens is 311 g/mol. The quantitative estimate of drug-likeness (QED) is 0.902. The number of benzene rings is 1. The zero-order valence-electron chi connectivity index (χ0n) is 13.9. The lowest BCUT2D eigenvalue weighted by Gasteiger charge is -2.18. The number of urea groups is 1. The van der Waals surface area contributed by atoms with Gasteiger partial charge >= 0.3 is 6.03 Å². The number of halogens is 1. The van der Waals surface area contributed by atoms with Crippen LogP contribution in [0.25, 0.3) is 0 Å². The van der Waals surface area contributed by atoms with Gasteiger partial charge in [-0.05, 0) is 18.9 Å². The van der Waals surface area contributed by atoms with Crippen LogP contribution in [-0.4, -0.2) is 21.9 Å². The third-order valence-corrected chi connectivity index (χ3v) is 3.89. The van der Waals surface area contributed by atoms with E-state index in [0.29, 0.717) is 23.8 Å². The van der Waals surface area contributed by atoms with Gasteiger partial charge in [0.25, 0.3) is 0 Å². The number of ether oxygens (including phenoxy) is 1. The zero-order chi connectivity index (χ0) is 17.3. The summed E-state index contributed by atoms with van der Waals surface area (Å²) in [6.07, 6.45) is 1.30. The second kappa shape index (κ2) is 6.51. The molecule has 2 N–H and O–H groups in total. The van der Waals surface area contributed by atoms with E-state index in [-0.39, 0.29) is 17.9 Å². The van der Waals surface area contributed by atoms with Gasteiger partial charge in [-0.25, -0.2) is 13.9 Å². The molecule has 6 nitrogen and oxygen atoms in total. The van der Waals surface area contributed by atoms with Crippen LogP contribution in [0.15, 0.2) is 30.5 Å². The number of para-hydroxylation sites is 1. The smallest absolute Gasteiger partial charge is 0.321 e. The summed E-state index contributed by atoms with van der Waals surface area (Å²) in [6.45, 7) is 6.66. The summed E-state index contributed by atoms with van der Waals surface area (Å²) in [7, 11) is 0. The molecule has 128 valence electrons. The predicted octanol–water partition coefficient (Wildman–Crippen LogP) is 3.32. The van der Waals surface area contributed by atoms with Crippen molar-refractivity contribution in [2.75, 3.05) is 5.32 Å². The lowest BCUT2D eigenvalue weighted by atomic mass is 10.0. The Hall–Kier alpha value is -2.57. The number of hydrogen-bond acceptors (Lipinski definition) is 3. The zero-order valence-corrected chi connectivity index (χ0v) is 13.9. The maximum absolute atomic E-state index is 13.8. The van der Waals surface area contributed by atoms with Crippen LogP contribution in [0.5, 0.6) is 5.75 Å². The second-order valence-corrected chi connectivity index (χ2v) is 6.35. The molecule has 2 amide bonds. The number of carbonyl (C=O) groups excluding carboxylic acids is 1. The molecule has 1 aliphatic rings. The fourth-order valence-corrected chi connectivity index (χ4v) is 2.82. The number of aromatic nitrogens is 2. The topological polar surface area (TPSA) is 68.2 Å². The van der Waals surface area contributed by atoms with Gasteiger partial charge in [0, 0.05) is 18.2 Å². The second-order valence-electron chi connectivity index (χ2n) is 6.35. The summed E-state index contributed by atoms with van der Waals surface area (Å²) in [6, 6.07) is 5.67. The maximum Gasteiger partial charge on any atom is 0.321 e. The lowest BCUT2D eigenvalue weighted by molar-refractivity contribution is 0.200. The van der Waals surface area contributed by atoms with Crippen molar-refractivity contribution < 1.29 is 13.9 Å². The molecule has 3 rings (SSSR count). The molecule has 1 aromatic carbocycles. The molecule has 2 unspecified atom stereocenters. The van der Waals surface area contributed by atoms with Crippen LogP contribution in [0.2, 0.25) is 0 Å². The van der Waals surface area contributed by atoms with Crippen molar-refractivity contribution in [2.24, 2.45) is 5.92 Å². The van der Waals surface area contributed by atoms with Crippen LogP contribution in [0.1, 0.15) is 32.4 Å². The van der Waals surface area contributed by atoms with Crippen molar-refractivity contribution in [3.05, 3.63) is 41.8 Å². The number of carbonyl (C=O) groups is 1. The van der Waals surface area contributed by atoms with Crippen LogP contribution in [0, 0.1) is 11.7 Å². The van der Waals surface area contributed by atoms with E-state index in [1.807, 2.05) is 0 Å². The van der Waals surface area contributed by atoms with Crippen molar-refractivity contribution in [2.45, 2.75) is 39.5 Å². The largest absolute Gasteiger partial charge is 0.485 e. The molecule has 0 bridgehead atoms. The number of rotatable bonds is 4. The molecule has 1 aromatic heterocycles. The molecule has 0 saturated carbocycles. The van der Waals surface area contributed by atoms with Crippen molar-refractivity contribution >= 4 is 11.8 Å². The molecule has 1 aliphatic heterocycles. The highest BCUT2D eigenvalue weighted by Crippen LogP contribution is 2.38. The Morgan fingerprint density at radius 3 is 2.96 bits per heavy atom. The first-order valence-corrected chi connectivity index (χ1v) is 8.00. The minimum atomic E-state index is -0.418. The van der Waals surface area contributed by atoms with E-state index in [1.54, 1.807) is 36.0 Å². The normalized spacial score (nSPS) is 19.0. The molecule has 7 heteroatoms. The Morgan fingerprint density at radius 1 is 1.42 bits per heavy atom. The first-order chi connectivity index (χ1) is 11.5. The minimum absolute atomic E-state index is 0.208. The molecular formula is C17H21FN4O2. The van der Waals surface area contributed by atoms with Crippen LogP contribution in [0.4, 0.5) is 15.0 Å². The molecule has 0 fully saturated rings. The molecule has 2 aromatic rings. The predicted molar refractivity (Wildman–Crippen MR) is 88.5 cm³/mol. The van der Waals surface area contributed by atoms with E-state index in [2.05, 4.69) is 29.6 Å². The molecule has 24 heavy (non-hydrogen) atoms. The number of nitrogens with zero attached hydrogens (tertiary/aromatic N) is 2. The molecule has 0 spiro atoms. The third-order valence-electron chi connectivity index (χ3n) is 3.89. The fourth-order valence-electron chi connectivity index (χ4n) is 2.82. The highest BCUT2D eigenvalue weighted by molar-refractivity contribution is 5.88. The number of anilines is 1. The summed E-state index contributed by atoms with van der Waals surface area (Å²) >= 11 is 0. The van der Waals surface area contributed by atoms with Crippen molar-refractivity contribution in [1.29, 1.82) is 0 Å². The Labute approximate surface area is 140 Å². The summed E-state index contributed by atoms with van der Waals surface area (Å²) in [5, 5.41) is 9.84. The highest BCUT2D eigenvalue weighted by atomic mass is 19.1. The summed E-state index contributed by atoms with van der Waals surface area (Å²) in [4.78, 5) is 12.3.